The monoisotopic (exact) mass is 639 g/mol. The molecule has 0 saturated heterocycles. The molecule has 0 bridgehead atoms. The highest BCUT2D eigenvalue weighted by Crippen LogP contribution is 2.39. The lowest BCUT2D eigenvalue weighted by atomic mass is 10.0. The second kappa shape index (κ2) is 11.4. The van der Waals surface area contributed by atoms with Crippen LogP contribution in [0.3, 0.4) is 0 Å². The molecule has 0 aliphatic heterocycles. The molecule has 0 aliphatic carbocycles. The van der Waals surface area contributed by atoms with Crippen LogP contribution in [0.25, 0.3) is 94.5 Å². The van der Waals surface area contributed by atoms with Crippen LogP contribution in [0.4, 0.5) is 0 Å². The quantitative estimate of drug-likeness (QED) is 0.188. The standard InChI is InChI=1S/C46H29N3O/c1-4-13-30(14-5-1)34-25-28-41-39(29-34)37-19-10-11-22-40(37)49(41)35-26-23-31(24-27-35)36-20-12-21-38-44-46(50-45(36)38)48-43(33-17-8-3-9-18-33)42(47-44)32-15-6-2-7-16-32/h1-29H. The van der Waals surface area contributed by atoms with Crippen LogP contribution in [-0.4, -0.2) is 14.5 Å². The minimum atomic E-state index is 0.530. The van der Waals surface area contributed by atoms with Gasteiger partial charge in [0.05, 0.1) is 16.7 Å². The van der Waals surface area contributed by atoms with E-state index in [0.717, 1.165) is 55.8 Å². The lowest BCUT2D eigenvalue weighted by Gasteiger charge is -2.10. The Balaban J connectivity index is 1.10. The van der Waals surface area contributed by atoms with Crippen molar-refractivity contribution in [2.45, 2.75) is 0 Å². The molecular formula is C46H29N3O. The number of nitrogens with zero attached hydrogens (tertiary/aromatic N) is 3. The van der Waals surface area contributed by atoms with E-state index in [1.54, 1.807) is 0 Å². The first-order chi connectivity index (χ1) is 24.8. The summed E-state index contributed by atoms with van der Waals surface area (Å²) in [6.45, 7) is 0. The van der Waals surface area contributed by atoms with Gasteiger partial charge in [0, 0.05) is 38.5 Å². The maximum absolute atomic E-state index is 6.58. The largest absolute Gasteiger partial charge is 0.436 e. The molecule has 50 heavy (non-hydrogen) atoms. The fourth-order valence-corrected chi connectivity index (χ4v) is 7.27. The highest BCUT2D eigenvalue weighted by atomic mass is 16.3. The van der Waals surface area contributed by atoms with Crippen LogP contribution < -0.4 is 0 Å². The zero-order valence-electron chi connectivity index (χ0n) is 27.0. The fourth-order valence-electron chi connectivity index (χ4n) is 7.27. The Labute approximate surface area is 288 Å². The Bertz CT molecular complexity index is 2840. The van der Waals surface area contributed by atoms with Gasteiger partial charge in [-0.15, -0.1) is 0 Å². The lowest BCUT2D eigenvalue weighted by molar-refractivity contribution is 0.654. The van der Waals surface area contributed by atoms with E-state index in [1.165, 1.54) is 32.9 Å². The van der Waals surface area contributed by atoms with Crippen molar-refractivity contribution in [2.24, 2.45) is 0 Å². The van der Waals surface area contributed by atoms with Crippen molar-refractivity contribution in [3.05, 3.63) is 176 Å². The van der Waals surface area contributed by atoms with Crippen molar-refractivity contribution in [3.8, 4) is 50.5 Å². The van der Waals surface area contributed by atoms with Crippen molar-refractivity contribution in [1.82, 2.24) is 14.5 Å². The molecule has 0 unspecified atom stereocenters. The molecule has 7 aromatic carbocycles. The molecular weight excluding hydrogens is 611 g/mol. The van der Waals surface area contributed by atoms with Crippen molar-refractivity contribution in [2.75, 3.05) is 0 Å². The summed E-state index contributed by atoms with van der Waals surface area (Å²) in [5, 5.41) is 3.42. The van der Waals surface area contributed by atoms with E-state index in [2.05, 4.69) is 144 Å². The van der Waals surface area contributed by atoms with Crippen LogP contribution in [0, 0.1) is 0 Å². The molecule has 0 N–H and O–H groups in total. The van der Waals surface area contributed by atoms with Gasteiger partial charge in [-0.3, -0.25) is 0 Å². The summed E-state index contributed by atoms with van der Waals surface area (Å²) < 4.78 is 8.93. The Morgan fingerprint density at radius 2 is 0.980 bits per heavy atom. The van der Waals surface area contributed by atoms with Gasteiger partial charge in [0.25, 0.3) is 0 Å². The summed E-state index contributed by atoms with van der Waals surface area (Å²) in [5.74, 6) is 0. The summed E-state index contributed by atoms with van der Waals surface area (Å²) in [6.07, 6.45) is 0. The first-order valence-electron chi connectivity index (χ1n) is 16.8. The predicted octanol–water partition coefficient (Wildman–Crippen LogP) is 12.1. The van der Waals surface area contributed by atoms with E-state index in [4.69, 9.17) is 14.4 Å². The molecule has 10 rings (SSSR count). The fraction of sp³-hybridized carbons (Fsp3) is 0. The number of hydrogen-bond donors (Lipinski definition) is 0. The third-order valence-electron chi connectivity index (χ3n) is 9.64. The van der Waals surface area contributed by atoms with E-state index >= 15 is 0 Å². The number of fused-ring (bicyclic) bond motifs is 6. The van der Waals surface area contributed by atoms with Gasteiger partial charge in [0.2, 0.25) is 5.71 Å². The molecule has 3 heterocycles. The highest BCUT2D eigenvalue weighted by Gasteiger charge is 2.20. The Hall–Kier alpha value is -6.78. The average Bonchev–Trinajstić information content (AvgIpc) is 3.73. The maximum Gasteiger partial charge on any atom is 0.246 e. The van der Waals surface area contributed by atoms with E-state index in [1.807, 2.05) is 36.4 Å². The topological polar surface area (TPSA) is 43.9 Å². The number of hydrogen-bond acceptors (Lipinski definition) is 3. The molecule has 4 nitrogen and oxygen atoms in total. The smallest absolute Gasteiger partial charge is 0.246 e. The zero-order chi connectivity index (χ0) is 33.0. The molecule has 0 radical (unpaired) electrons. The number of benzene rings is 7. The van der Waals surface area contributed by atoms with Gasteiger partial charge in [-0.25, -0.2) is 9.97 Å². The highest BCUT2D eigenvalue weighted by molar-refractivity contribution is 6.11. The third-order valence-corrected chi connectivity index (χ3v) is 9.64. The van der Waals surface area contributed by atoms with Crippen LogP contribution >= 0.6 is 0 Å². The van der Waals surface area contributed by atoms with Crippen LogP contribution in [0.1, 0.15) is 0 Å². The summed E-state index contributed by atoms with van der Waals surface area (Å²) in [5.41, 5.74) is 13.7. The maximum atomic E-state index is 6.58. The number of furan rings is 1. The number of aromatic nitrogens is 3. The van der Waals surface area contributed by atoms with E-state index in [9.17, 15) is 0 Å². The minimum absolute atomic E-state index is 0.530. The molecule has 234 valence electrons. The Kier molecular flexibility index (Phi) is 6.46. The van der Waals surface area contributed by atoms with Crippen LogP contribution in [0.15, 0.2) is 180 Å². The predicted molar refractivity (Wildman–Crippen MR) is 205 cm³/mol. The van der Waals surface area contributed by atoms with Crippen molar-refractivity contribution >= 4 is 44.0 Å². The molecule has 3 aromatic heterocycles. The summed E-state index contributed by atoms with van der Waals surface area (Å²) in [4.78, 5) is 10.3. The van der Waals surface area contributed by atoms with Crippen molar-refractivity contribution < 1.29 is 4.42 Å². The molecule has 0 atom stereocenters. The second-order valence-corrected chi connectivity index (χ2v) is 12.6. The van der Waals surface area contributed by atoms with Crippen molar-refractivity contribution in [3.63, 3.8) is 0 Å². The first-order valence-corrected chi connectivity index (χ1v) is 16.8. The lowest BCUT2D eigenvalue weighted by Crippen LogP contribution is -1.94. The molecule has 0 aliphatic rings. The van der Waals surface area contributed by atoms with Crippen molar-refractivity contribution in [1.29, 1.82) is 0 Å². The van der Waals surface area contributed by atoms with E-state index < -0.39 is 0 Å². The average molecular weight is 640 g/mol. The van der Waals surface area contributed by atoms with Gasteiger partial charge in [-0.2, -0.15) is 0 Å². The van der Waals surface area contributed by atoms with Gasteiger partial charge in [-0.1, -0.05) is 140 Å². The van der Waals surface area contributed by atoms with Gasteiger partial charge in [0.15, 0.2) is 0 Å². The molecule has 0 saturated carbocycles. The summed E-state index contributed by atoms with van der Waals surface area (Å²) >= 11 is 0. The van der Waals surface area contributed by atoms with Gasteiger partial charge >= 0.3 is 0 Å². The SMILES string of the molecule is c1ccc(-c2ccc3c(c2)c2ccccc2n3-c2ccc(-c3cccc4c3oc3nc(-c5ccccc5)c(-c5ccccc5)nc34)cc2)cc1. The summed E-state index contributed by atoms with van der Waals surface area (Å²) in [6, 6.07) is 61.5. The number of rotatable bonds is 5. The first kappa shape index (κ1) is 28.3. The van der Waals surface area contributed by atoms with E-state index in [-0.39, 0.29) is 0 Å². The molecule has 0 spiro atoms. The molecule has 0 fully saturated rings. The van der Waals surface area contributed by atoms with E-state index in [0.29, 0.717) is 5.71 Å². The molecule has 0 amide bonds. The van der Waals surface area contributed by atoms with Gasteiger partial charge in [0.1, 0.15) is 16.8 Å². The van der Waals surface area contributed by atoms with Crippen LogP contribution in [0.2, 0.25) is 0 Å². The molecule has 4 heteroatoms. The third kappa shape index (κ3) is 4.54. The zero-order valence-corrected chi connectivity index (χ0v) is 27.0. The second-order valence-electron chi connectivity index (χ2n) is 12.6. The Morgan fingerprint density at radius 3 is 1.70 bits per heavy atom. The van der Waals surface area contributed by atoms with Gasteiger partial charge < -0.3 is 8.98 Å². The minimum Gasteiger partial charge on any atom is -0.436 e. The van der Waals surface area contributed by atoms with Crippen LogP contribution in [-0.2, 0) is 0 Å². The Morgan fingerprint density at radius 1 is 0.400 bits per heavy atom. The van der Waals surface area contributed by atoms with Crippen LogP contribution in [0.5, 0.6) is 0 Å². The number of para-hydroxylation sites is 2. The van der Waals surface area contributed by atoms with Gasteiger partial charge in [-0.05, 0) is 53.1 Å². The normalized spacial score (nSPS) is 11.6. The summed E-state index contributed by atoms with van der Waals surface area (Å²) in [7, 11) is 0. The molecule has 10 aromatic rings.